The van der Waals surface area contributed by atoms with Crippen LogP contribution in [0.3, 0.4) is 0 Å². The van der Waals surface area contributed by atoms with E-state index in [2.05, 4.69) is 31.3 Å². The van der Waals surface area contributed by atoms with Crippen LogP contribution in [0.2, 0.25) is 0 Å². The SMILES string of the molecule is CCC(C)C([C@@H](CC(=O)N1CCC[C@H]1[C@H](OC)[C@@H](C)C(=O)NS(=O)(=O)c1ccc(NC(=O)[C@H](CCCNC(N)=O)NC(=O)C(NC(=O)CCOCCOCCOCCN2C(=O)C=CC2=O)C(C)C)cc1)OC)N(C)C(=O)[C@@H](NC(=O)C(C(C)C)N(C)C)C(C)C. The molecule has 0 spiro atoms. The van der Waals surface area contributed by atoms with Crippen molar-refractivity contribution in [3.8, 4) is 0 Å². The van der Waals surface area contributed by atoms with E-state index in [1.54, 1.807) is 30.7 Å². The van der Waals surface area contributed by atoms with Crippen molar-refractivity contribution in [2.75, 3.05) is 100.0 Å². The molecular formula is C61H101N11O17S. The van der Waals surface area contributed by atoms with Gasteiger partial charge in [-0.05, 0) is 87.7 Å². The highest BCUT2D eigenvalue weighted by molar-refractivity contribution is 7.90. The molecule has 90 heavy (non-hydrogen) atoms. The van der Waals surface area contributed by atoms with Crippen molar-refractivity contribution in [1.29, 1.82) is 0 Å². The van der Waals surface area contributed by atoms with Crippen LogP contribution in [0.4, 0.5) is 10.5 Å². The largest absolute Gasteiger partial charge is 0.379 e. The zero-order chi connectivity index (χ0) is 67.6. The Morgan fingerprint density at radius 1 is 0.722 bits per heavy atom. The Hall–Kier alpha value is -6.63. The number of carbonyl (C=O) groups is 10. The summed E-state index contributed by atoms with van der Waals surface area (Å²) in [5.74, 6) is -6.41. The standard InChI is InChI=1S/C61H101N11O17S/c1-15-40(8)54(70(12)60(81)52(38(4)5)67-59(80)53(39(6)7)69(10)11)46(85-13)36-50(76)71-28-17-19-45(71)55(86-14)41(9)56(77)68-90(83,84)43-22-20-42(21-23-43)64-57(78)44(18-16-27-63-61(62)82)65-58(79)51(37(2)3)66-47(73)26-30-87-32-34-89-35-33-88-31-29-72-48(74)24-25-49(72)75/h20-25,37-41,44-46,51-55H,15-19,26-36H2,1-14H3,(H,64,78)(H,65,79)(H,66,73)(H,67,80)(H,68,77)(H3,62,63,82)/t40?,41-,44+,45+,46-,51?,52+,53?,54?,55-/m1/s1. The fourth-order valence-electron chi connectivity index (χ4n) is 11.0. The van der Waals surface area contributed by atoms with Gasteiger partial charge in [0, 0.05) is 58.6 Å². The maximum absolute atomic E-state index is 14.4. The Balaban J connectivity index is 1.64. The van der Waals surface area contributed by atoms with Crippen LogP contribution in [-0.2, 0) is 76.9 Å². The molecule has 0 radical (unpaired) electrons. The molecule has 8 N–H and O–H groups in total. The number of likely N-dealkylation sites (N-methyl/N-ethyl adjacent to an activating group) is 2. The molecule has 28 nitrogen and oxygen atoms in total. The second-order valence-corrected chi connectivity index (χ2v) is 25.7. The van der Waals surface area contributed by atoms with Gasteiger partial charge in [-0.2, -0.15) is 0 Å². The van der Waals surface area contributed by atoms with E-state index in [-0.39, 0.29) is 136 Å². The second-order valence-electron chi connectivity index (χ2n) is 24.0. The molecule has 2 heterocycles. The minimum Gasteiger partial charge on any atom is -0.379 e. The first-order valence-corrected chi connectivity index (χ1v) is 32.4. The predicted octanol–water partition coefficient (Wildman–Crippen LogP) is 1.52. The minimum atomic E-state index is -4.53. The number of amides is 11. The summed E-state index contributed by atoms with van der Waals surface area (Å²) in [4.78, 5) is 137. The predicted molar refractivity (Wildman–Crippen MR) is 334 cm³/mol. The van der Waals surface area contributed by atoms with Crippen LogP contribution in [0, 0.1) is 29.6 Å². The second kappa shape index (κ2) is 38.3. The zero-order valence-electron chi connectivity index (χ0n) is 55.0. The fourth-order valence-corrected chi connectivity index (χ4v) is 12.0. The van der Waals surface area contributed by atoms with Gasteiger partial charge in [0.25, 0.3) is 21.8 Å². The van der Waals surface area contributed by atoms with E-state index >= 15 is 0 Å². The first-order valence-electron chi connectivity index (χ1n) is 30.9. The van der Waals surface area contributed by atoms with E-state index in [4.69, 9.17) is 29.4 Å². The van der Waals surface area contributed by atoms with Crippen molar-refractivity contribution in [3.63, 3.8) is 0 Å². The van der Waals surface area contributed by atoms with E-state index in [1.807, 2.05) is 60.5 Å². The first kappa shape index (κ1) is 77.6. The van der Waals surface area contributed by atoms with Crippen molar-refractivity contribution in [3.05, 3.63) is 36.4 Å². The molecule has 3 rings (SSSR count). The molecule has 29 heteroatoms. The molecule has 0 aliphatic carbocycles. The van der Waals surface area contributed by atoms with Gasteiger partial charge in [0.15, 0.2) is 0 Å². The van der Waals surface area contributed by atoms with Gasteiger partial charge in [0.1, 0.15) is 18.1 Å². The van der Waals surface area contributed by atoms with Crippen molar-refractivity contribution in [2.24, 2.45) is 35.3 Å². The molecule has 2 aliphatic heterocycles. The van der Waals surface area contributed by atoms with E-state index in [1.165, 1.54) is 57.6 Å². The van der Waals surface area contributed by atoms with Gasteiger partial charge in [-0.3, -0.25) is 53.0 Å². The highest BCUT2D eigenvalue weighted by atomic mass is 32.2. The normalized spacial score (nSPS) is 17.3. The number of anilines is 1. The molecule has 0 aromatic heterocycles. The first-order chi connectivity index (χ1) is 42.4. The molecule has 4 unspecified atom stereocenters. The summed E-state index contributed by atoms with van der Waals surface area (Å²) in [6.07, 6.45) is 2.30. The van der Waals surface area contributed by atoms with Crippen molar-refractivity contribution in [2.45, 2.75) is 161 Å². The minimum absolute atomic E-state index is 0.00784. The number of nitrogens with zero attached hydrogens (tertiary/aromatic N) is 4. The maximum atomic E-state index is 14.4. The van der Waals surface area contributed by atoms with Gasteiger partial charge in [-0.15, -0.1) is 0 Å². The number of nitrogens with two attached hydrogens (primary N) is 1. The Morgan fingerprint density at radius 3 is 1.84 bits per heavy atom. The molecule has 0 bridgehead atoms. The molecule has 1 saturated heterocycles. The fraction of sp³-hybridized carbons (Fsp3) is 0.705. The number of primary amides is 1. The van der Waals surface area contributed by atoms with E-state index in [0.717, 1.165) is 4.90 Å². The number of methoxy groups -OCH3 is 2. The lowest BCUT2D eigenvalue weighted by Crippen LogP contribution is -2.59. The lowest BCUT2D eigenvalue weighted by Gasteiger charge is -2.41. The monoisotopic (exact) mass is 1290 g/mol. The van der Waals surface area contributed by atoms with Crippen LogP contribution >= 0.6 is 0 Å². The third kappa shape index (κ3) is 23.9. The smallest absolute Gasteiger partial charge is 0.312 e. The van der Waals surface area contributed by atoms with Crippen LogP contribution < -0.4 is 37.0 Å². The third-order valence-electron chi connectivity index (χ3n) is 16.1. The van der Waals surface area contributed by atoms with Gasteiger partial charge in [-0.25, -0.2) is 17.9 Å². The number of benzene rings is 1. The molecule has 1 fully saturated rings. The number of likely N-dealkylation sites (tertiary alicyclic amines) is 1. The molecular weight excluding hydrogens is 1190 g/mol. The van der Waals surface area contributed by atoms with Crippen molar-refractivity contribution < 1.29 is 80.0 Å². The van der Waals surface area contributed by atoms with Crippen LogP contribution in [-0.4, -0.2) is 230 Å². The molecule has 2 aliphatic rings. The molecule has 1 aromatic carbocycles. The average molecular weight is 1290 g/mol. The van der Waals surface area contributed by atoms with Gasteiger partial charge in [0.05, 0.1) is 93.8 Å². The number of hydrogen-bond donors (Lipinski definition) is 7. The van der Waals surface area contributed by atoms with Gasteiger partial charge in [0.2, 0.25) is 41.4 Å². The van der Waals surface area contributed by atoms with Gasteiger partial charge in [-0.1, -0.05) is 68.7 Å². The molecule has 11 amide bonds. The summed E-state index contributed by atoms with van der Waals surface area (Å²) in [6, 6.07) is -0.698. The Labute approximate surface area is 530 Å². The number of hydrogen-bond acceptors (Lipinski definition) is 18. The number of nitrogens with one attached hydrogen (secondary N) is 6. The number of imide groups is 1. The van der Waals surface area contributed by atoms with Crippen molar-refractivity contribution in [1.82, 2.24) is 45.6 Å². The summed E-state index contributed by atoms with van der Waals surface area (Å²) in [7, 11) is 3.63. The number of ether oxygens (including phenoxy) is 5. The van der Waals surface area contributed by atoms with Gasteiger partial charge >= 0.3 is 6.03 Å². The zero-order valence-corrected chi connectivity index (χ0v) is 55.8. The lowest BCUT2D eigenvalue weighted by atomic mass is 9.89. The number of urea groups is 1. The maximum Gasteiger partial charge on any atom is 0.312 e. The highest BCUT2D eigenvalue weighted by Crippen LogP contribution is 2.30. The summed E-state index contributed by atoms with van der Waals surface area (Å²) in [5, 5.41) is 13.5. The van der Waals surface area contributed by atoms with Crippen LogP contribution in [0.15, 0.2) is 41.3 Å². The van der Waals surface area contributed by atoms with Crippen LogP contribution in [0.1, 0.15) is 107 Å². The Morgan fingerprint density at radius 2 is 1.31 bits per heavy atom. The van der Waals surface area contributed by atoms with Gasteiger partial charge < -0.3 is 65.8 Å². The molecule has 1 aromatic rings. The lowest BCUT2D eigenvalue weighted by molar-refractivity contribution is -0.148. The Kier molecular flexibility index (Phi) is 33.0. The summed E-state index contributed by atoms with van der Waals surface area (Å²) >= 11 is 0. The van der Waals surface area contributed by atoms with E-state index in [0.29, 0.717) is 25.8 Å². The Bertz CT molecular complexity index is 2670. The van der Waals surface area contributed by atoms with E-state index in [9.17, 15) is 56.4 Å². The molecule has 508 valence electrons. The topological polar surface area (TPSA) is 362 Å². The van der Waals surface area contributed by atoms with Crippen molar-refractivity contribution >= 4 is 74.9 Å². The quantitative estimate of drug-likeness (QED) is 0.0361. The number of carbonyl (C=O) groups excluding carboxylic acids is 10. The number of rotatable bonds is 41. The molecule has 0 saturated carbocycles. The van der Waals surface area contributed by atoms with E-state index < -0.39 is 100.0 Å². The summed E-state index contributed by atoms with van der Waals surface area (Å²) in [5.41, 5.74) is 5.35. The third-order valence-corrected chi connectivity index (χ3v) is 17.4. The summed E-state index contributed by atoms with van der Waals surface area (Å²) < 4.78 is 57.9. The number of sulfonamides is 1. The average Bonchev–Trinajstić information content (AvgIpc) is 1.72. The summed E-state index contributed by atoms with van der Waals surface area (Å²) in [6.45, 7) is 18.0. The van der Waals surface area contributed by atoms with Crippen LogP contribution in [0.25, 0.3) is 0 Å². The highest BCUT2D eigenvalue weighted by Gasteiger charge is 2.44. The van der Waals surface area contributed by atoms with Crippen LogP contribution in [0.5, 0.6) is 0 Å². The molecule has 10 atom stereocenters.